The first kappa shape index (κ1) is 8.08. The van der Waals surface area contributed by atoms with Gasteiger partial charge in [0.25, 0.3) is 0 Å². The largest absolute Gasteiger partial charge is 0.495 e. The third-order valence-corrected chi connectivity index (χ3v) is 1.49. The van der Waals surface area contributed by atoms with E-state index in [4.69, 9.17) is 16.3 Å². The van der Waals surface area contributed by atoms with Crippen molar-refractivity contribution in [3.63, 3.8) is 0 Å². The maximum absolute atomic E-state index is 5.71. The summed E-state index contributed by atoms with van der Waals surface area (Å²) in [5.74, 6) is 0.521. The number of methoxy groups -OCH3 is 1. The van der Waals surface area contributed by atoms with E-state index in [2.05, 4.69) is 11.6 Å². The van der Waals surface area contributed by atoms with Gasteiger partial charge in [-0.2, -0.15) is 0 Å². The second-order valence-electron chi connectivity index (χ2n) is 1.99. The SMILES string of the molecule is C=C(OC)c1cc(Cl)ccn1. The second-order valence-corrected chi connectivity index (χ2v) is 2.42. The molecule has 3 heteroatoms. The zero-order valence-corrected chi connectivity index (χ0v) is 6.93. The molecule has 0 amide bonds. The van der Waals surface area contributed by atoms with Crippen LogP contribution in [0.1, 0.15) is 5.69 Å². The van der Waals surface area contributed by atoms with Crippen LogP contribution in [0.4, 0.5) is 0 Å². The second kappa shape index (κ2) is 3.39. The summed E-state index contributed by atoms with van der Waals surface area (Å²) in [6.07, 6.45) is 1.61. The van der Waals surface area contributed by atoms with Crippen LogP contribution in [0.5, 0.6) is 0 Å². The summed E-state index contributed by atoms with van der Waals surface area (Å²) in [6, 6.07) is 3.40. The Bertz CT molecular complexity index is 273. The van der Waals surface area contributed by atoms with Crippen LogP contribution >= 0.6 is 11.6 Å². The van der Waals surface area contributed by atoms with E-state index in [9.17, 15) is 0 Å². The Balaban J connectivity index is 2.96. The van der Waals surface area contributed by atoms with E-state index in [-0.39, 0.29) is 0 Å². The molecule has 0 saturated carbocycles. The van der Waals surface area contributed by atoms with Crippen LogP contribution in [0, 0.1) is 0 Å². The fraction of sp³-hybridized carbons (Fsp3) is 0.125. The minimum Gasteiger partial charge on any atom is -0.495 e. The van der Waals surface area contributed by atoms with Crippen LogP contribution in [0.15, 0.2) is 24.9 Å². The molecule has 58 valence electrons. The van der Waals surface area contributed by atoms with Crippen molar-refractivity contribution in [2.75, 3.05) is 7.11 Å². The van der Waals surface area contributed by atoms with Gasteiger partial charge < -0.3 is 4.74 Å². The summed E-state index contributed by atoms with van der Waals surface area (Å²) in [5.41, 5.74) is 0.667. The predicted molar refractivity (Wildman–Crippen MR) is 45.3 cm³/mol. The van der Waals surface area contributed by atoms with Gasteiger partial charge in [-0.05, 0) is 12.1 Å². The Labute approximate surface area is 70.5 Å². The van der Waals surface area contributed by atoms with E-state index < -0.39 is 0 Å². The molecule has 0 unspecified atom stereocenters. The van der Waals surface area contributed by atoms with Gasteiger partial charge in [-0.25, -0.2) is 0 Å². The molecule has 0 aliphatic carbocycles. The highest BCUT2D eigenvalue weighted by molar-refractivity contribution is 6.30. The van der Waals surface area contributed by atoms with E-state index in [0.29, 0.717) is 16.5 Å². The van der Waals surface area contributed by atoms with Crippen LogP contribution in [-0.4, -0.2) is 12.1 Å². The molecule has 0 radical (unpaired) electrons. The van der Waals surface area contributed by atoms with E-state index >= 15 is 0 Å². The molecule has 0 aliphatic heterocycles. The van der Waals surface area contributed by atoms with Crippen molar-refractivity contribution in [1.29, 1.82) is 0 Å². The number of pyridine rings is 1. The highest BCUT2D eigenvalue weighted by atomic mass is 35.5. The van der Waals surface area contributed by atoms with E-state index in [1.54, 1.807) is 25.4 Å². The summed E-state index contributed by atoms with van der Waals surface area (Å²) in [4.78, 5) is 4.00. The smallest absolute Gasteiger partial charge is 0.137 e. The van der Waals surface area contributed by atoms with Gasteiger partial charge in [0, 0.05) is 11.2 Å². The number of halogens is 1. The number of nitrogens with zero attached hydrogens (tertiary/aromatic N) is 1. The zero-order valence-electron chi connectivity index (χ0n) is 6.17. The molecule has 0 spiro atoms. The predicted octanol–water partition coefficient (Wildman–Crippen LogP) is 2.35. The maximum Gasteiger partial charge on any atom is 0.137 e. The first-order chi connectivity index (χ1) is 5.24. The summed E-state index contributed by atoms with van der Waals surface area (Å²) < 4.78 is 4.88. The Kier molecular flexibility index (Phi) is 2.49. The van der Waals surface area contributed by atoms with Crippen molar-refractivity contribution in [2.24, 2.45) is 0 Å². The molecule has 0 atom stereocenters. The molecule has 0 aromatic carbocycles. The summed E-state index contributed by atoms with van der Waals surface area (Å²) in [5, 5.41) is 0.633. The van der Waals surface area contributed by atoms with Crippen molar-refractivity contribution in [2.45, 2.75) is 0 Å². The molecule has 1 aromatic rings. The van der Waals surface area contributed by atoms with Gasteiger partial charge in [-0.3, -0.25) is 4.98 Å². The van der Waals surface area contributed by atoms with Crippen molar-refractivity contribution < 1.29 is 4.74 Å². The molecule has 1 heterocycles. The van der Waals surface area contributed by atoms with Gasteiger partial charge in [0.15, 0.2) is 0 Å². The summed E-state index contributed by atoms with van der Waals surface area (Å²) >= 11 is 5.71. The highest BCUT2D eigenvalue weighted by Gasteiger charge is 1.98. The molecule has 0 bridgehead atoms. The lowest BCUT2D eigenvalue weighted by molar-refractivity contribution is 0.369. The standard InChI is InChI=1S/C8H8ClNO/c1-6(11-2)8-5-7(9)3-4-10-8/h3-5H,1H2,2H3. The lowest BCUT2D eigenvalue weighted by Crippen LogP contribution is -1.88. The minimum absolute atomic E-state index is 0.521. The average Bonchev–Trinajstić information content (AvgIpc) is 2.03. The molecule has 0 fully saturated rings. The maximum atomic E-state index is 5.71. The lowest BCUT2D eigenvalue weighted by Gasteiger charge is -2.01. The number of hydrogen-bond acceptors (Lipinski definition) is 2. The Hall–Kier alpha value is -1.02. The fourth-order valence-corrected chi connectivity index (χ4v) is 0.822. The molecule has 0 saturated heterocycles. The molecular weight excluding hydrogens is 162 g/mol. The number of ether oxygens (including phenoxy) is 1. The Morgan fingerprint density at radius 3 is 3.00 bits per heavy atom. The topological polar surface area (TPSA) is 22.1 Å². The first-order valence-electron chi connectivity index (χ1n) is 3.09. The van der Waals surface area contributed by atoms with Crippen LogP contribution in [0.3, 0.4) is 0 Å². The van der Waals surface area contributed by atoms with Crippen LogP contribution in [-0.2, 0) is 4.74 Å². The van der Waals surface area contributed by atoms with Crippen LogP contribution < -0.4 is 0 Å². The van der Waals surface area contributed by atoms with E-state index in [1.807, 2.05) is 0 Å². The van der Waals surface area contributed by atoms with E-state index in [0.717, 1.165) is 0 Å². The third kappa shape index (κ3) is 1.95. The summed E-state index contributed by atoms with van der Waals surface area (Å²) in [7, 11) is 1.55. The van der Waals surface area contributed by atoms with Crippen molar-refractivity contribution in [3.05, 3.63) is 35.6 Å². The Morgan fingerprint density at radius 2 is 2.45 bits per heavy atom. The first-order valence-corrected chi connectivity index (χ1v) is 3.46. The fourth-order valence-electron chi connectivity index (χ4n) is 0.662. The average molecular weight is 170 g/mol. The third-order valence-electron chi connectivity index (χ3n) is 1.25. The zero-order chi connectivity index (χ0) is 8.27. The Morgan fingerprint density at radius 1 is 1.73 bits per heavy atom. The van der Waals surface area contributed by atoms with Gasteiger partial charge >= 0.3 is 0 Å². The van der Waals surface area contributed by atoms with Gasteiger partial charge in [0.2, 0.25) is 0 Å². The molecule has 1 rings (SSSR count). The normalized spacial score (nSPS) is 9.27. The van der Waals surface area contributed by atoms with Gasteiger partial charge in [0.1, 0.15) is 11.5 Å². The summed E-state index contributed by atoms with van der Waals surface area (Å²) in [6.45, 7) is 3.64. The van der Waals surface area contributed by atoms with Gasteiger partial charge in [-0.1, -0.05) is 18.2 Å². The quantitative estimate of drug-likeness (QED) is 0.634. The molecule has 0 aliphatic rings. The van der Waals surface area contributed by atoms with Crippen LogP contribution in [0.25, 0.3) is 5.76 Å². The van der Waals surface area contributed by atoms with Gasteiger partial charge in [-0.15, -0.1) is 0 Å². The monoisotopic (exact) mass is 169 g/mol. The molecular formula is C8H8ClNO. The molecule has 2 nitrogen and oxygen atoms in total. The minimum atomic E-state index is 0.521. The van der Waals surface area contributed by atoms with Gasteiger partial charge in [0.05, 0.1) is 7.11 Å². The van der Waals surface area contributed by atoms with Crippen LogP contribution in [0.2, 0.25) is 5.02 Å². The molecule has 1 aromatic heterocycles. The molecule has 0 N–H and O–H groups in total. The highest BCUT2D eigenvalue weighted by Crippen LogP contribution is 2.14. The lowest BCUT2D eigenvalue weighted by atomic mass is 10.3. The number of hydrogen-bond donors (Lipinski definition) is 0. The number of aromatic nitrogens is 1. The van der Waals surface area contributed by atoms with Crippen molar-refractivity contribution in [1.82, 2.24) is 4.98 Å². The number of rotatable bonds is 2. The molecule has 11 heavy (non-hydrogen) atoms. The van der Waals surface area contributed by atoms with Crippen molar-refractivity contribution in [3.8, 4) is 0 Å². The van der Waals surface area contributed by atoms with E-state index in [1.165, 1.54) is 0 Å². The van der Waals surface area contributed by atoms with Crippen molar-refractivity contribution >= 4 is 17.4 Å².